The van der Waals surface area contributed by atoms with Crippen LogP contribution in [0.5, 0.6) is 0 Å². The molecule has 0 spiro atoms. The van der Waals surface area contributed by atoms with Crippen molar-refractivity contribution < 1.29 is 4.52 Å². The topological polar surface area (TPSA) is 108 Å². The molecule has 0 amide bonds. The first-order chi connectivity index (χ1) is 15.0. The molecule has 5 rings (SSSR count). The van der Waals surface area contributed by atoms with Crippen molar-refractivity contribution in [2.24, 2.45) is 0 Å². The summed E-state index contributed by atoms with van der Waals surface area (Å²) in [6, 6.07) is 11.0. The number of aryl methyl sites for hydroxylation is 1. The summed E-state index contributed by atoms with van der Waals surface area (Å²) in [6.07, 6.45) is 1.84. The summed E-state index contributed by atoms with van der Waals surface area (Å²) in [5.74, 6) is 2.51. The number of fused-ring (bicyclic) bond motifs is 1. The maximum absolute atomic E-state index is 5.26. The third-order valence-corrected chi connectivity index (χ3v) is 5.61. The summed E-state index contributed by atoms with van der Waals surface area (Å²) in [7, 11) is 0. The molecule has 160 valence electrons. The molecule has 1 fully saturated rings. The number of benzene rings is 1. The van der Waals surface area contributed by atoms with Gasteiger partial charge in [0.05, 0.1) is 11.0 Å². The van der Waals surface area contributed by atoms with Crippen LogP contribution < -0.4 is 10.6 Å². The fraction of sp³-hybridized carbons (Fsp3) is 0.364. The van der Waals surface area contributed by atoms with Gasteiger partial charge in [0.2, 0.25) is 5.95 Å². The van der Waals surface area contributed by atoms with Crippen LogP contribution >= 0.6 is 0 Å². The molecule has 9 heteroatoms. The van der Waals surface area contributed by atoms with Crippen LogP contribution in [0.15, 0.2) is 41.1 Å². The minimum Gasteiger partial charge on any atom is -0.334 e. The van der Waals surface area contributed by atoms with Gasteiger partial charge in [-0.3, -0.25) is 4.90 Å². The Morgan fingerprint density at radius 2 is 2.10 bits per heavy atom. The highest BCUT2D eigenvalue weighted by atomic mass is 16.5. The standard InChI is InChI=1S/C22H26N8O/c1-13-11-30(14(2)10-24-13)12-16-6-7-23-20(8-16)28-22-26-18-5-4-17(9-19(18)27-22)21-25-15(3)29-31-21/h4-9,13-14,24H,10-12H2,1-3H3,(H2,23,26,27,28)/t13-,14+/m1/s1. The van der Waals surface area contributed by atoms with Crippen LogP contribution in [0.4, 0.5) is 11.8 Å². The predicted molar refractivity (Wildman–Crippen MR) is 119 cm³/mol. The number of aromatic amines is 1. The van der Waals surface area contributed by atoms with E-state index in [1.165, 1.54) is 5.56 Å². The summed E-state index contributed by atoms with van der Waals surface area (Å²) in [6.45, 7) is 9.24. The van der Waals surface area contributed by atoms with Crippen molar-refractivity contribution in [3.63, 3.8) is 0 Å². The summed E-state index contributed by atoms with van der Waals surface area (Å²) in [4.78, 5) is 19.2. The quantitative estimate of drug-likeness (QED) is 0.453. The minimum atomic E-state index is 0.495. The van der Waals surface area contributed by atoms with Gasteiger partial charge in [0.15, 0.2) is 5.82 Å². The third-order valence-electron chi connectivity index (χ3n) is 5.61. The van der Waals surface area contributed by atoms with Crippen molar-refractivity contribution in [1.29, 1.82) is 0 Å². The summed E-state index contributed by atoms with van der Waals surface area (Å²) < 4.78 is 5.26. The number of hydrogen-bond donors (Lipinski definition) is 3. The molecule has 1 aliphatic rings. The van der Waals surface area contributed by atoms with Gasteiger partial charge in [-0.1, -0.05) is 5.16 Å². The lowest BCUT2D eigenvalue weighted by Gasteiger charge is -2.37. The van der Waals surface area contributed by atoms with E-state index in [0.29, 0.717) is 29.7 Å². The summed E-state index contributed by atoms with van der Waals surface area (Å²) in [5.41, 5.74) is 3.81. The van der Waals surface area contributed by atoms with Crippen LogP contribution in [-0.2, 0) is 6.54 Å². The molecule has 9 nitrogen and oxygen atoms in total. The molecule has 1 aromatic carbocycles. The molecule has 4 heterocycles. The number of H-pyrrole nitrogens is 1. The van der Waals surface area contributed by atoms with Gasteiger partial charge < -0.3 is 20.1 Å². The fourth-order valence-electron chi connectivity index (χ4n) is 3.93. The van der Waals surface area contributed by atoms with Gasteiger partial charge in [0.1, 0.15) is 5.82 Å². The van der Waals surface area contributed by atoms with Crippen LogP contribution in [0.1, 0.15) is 25.2 Å². The summed E-state index contributed by atoms with van der Waals surface area (Å²) in [5, 5.41) is 10.7. The first kappa shape index (κ1) is 19.7. The second-order valence-electron chi connectivity index (χ2n) is 8.23. The molecule has 0 bridgehead atoms. The Morgan fingerprint density at radius 1 is 1.19 bits per heavy atom. The van der Waals surface area contributed by atoms with Gasteiger partial charge in [-0.05, 0) is 56.7 Å². The van der Waals surface area contributed by atoms with E-state index in [9.17, 15) is 0 Å². The molecule has 0 radical (unpaired) electrons. The molecule has 2 atom stereocenters. The van der Waals surface area contributed by atoms with Gasteiger partial charge in [0, 0.05) is 43.5 Å². The monoisotopic (exact) mass is 418 g/mol. The van der Waals surface area contributed by atoms with Crippen molar-refractivity contribution in [3.8, 4) is 11.5 Å². The van der Waals surface area contributed by atoms with Gasteiger partial charge in [-0.25, -0.2) is 9.97 Å². The number of rotatable bonds is 5. The third kappa shape index (κ3) is 4.28. The van der Waals surface area contributed by atoms with E-state index in [2.05, 4.69) is 66.6 Å². The lowest BCUT2D eigenvalue weighted by atomic mass is 10.1. The largest absolute Gasteiger partial charge is 0.334 e. The smallest absolute Gasteiger partial charge is 0.257 e. The van der Waals surface area contributed by atoms with Crippen LogP contribution in [0.2, 0.25) is 0 Å². The van der Waals surface area contributed by atoms with E-state index in [-0.39, 0.29) is 0 Å². The second kappa shape index (κ2) is 8.09. The zero-order chi connectivity index (χ0) is 21.4. The van der Waals surface area contributed by atoms with Crippen molar-refractivity contribution >= 4 is 22.8 Å². The average Bonchev–Trinajstić information content (AvgIpc) is 3.36. The number of piperazine rings is 1. The highest BCUT2D eigenvalue weighted by Gasteiger charge is 2.22. The van der Waals surface area contributed by atoms with E-state index < -0.39 is 0 Å². The second-order valence-corrected chi connectivity index (χ2v) is 8.23. The minimum absolute atomic E-state index is 0.495. The molecule has 0 aliphatic carbocycles. The molecule has 3 aromatic heterocycles. The van der Waals surface area contributed by atoms with Crippen molar-refractivity contribution in [3.05, 3.63) is 47.9 Å². The molecule has 31 heavy (non-hydrogen) atoms. The highest BCUT2D eigenvalue weighted by Crippen LogP contribution is 2.24. The van der Waals surface area contributed by atoms with Gasteiger partial charge in [0.25, 0.3) is 5.89 Å². The van der Waals surface area contributed by atoms with Crippen LogP contribution in [0.3, 0.4) is 0 Å². The zero-order valence-electron chi connectivity index (χ0n) is 17.9. The molecule has 3 N–H and O–H groups in total. The number of nitrogens with one attached hydrogen (secondary N) is 3. The molecule has 4 aromatic rings. The molecular weight excluding hydrogens is 392 g/mol. The number of nitrogens with zero attached hydrogens (tertiary/aromatic N) is 5. The van der Waals surface area contributed by atoms with Crippen molar-refractivity contribution in [1.82, 2.24) is 35.3 Å². The first-order valence-corrected chi connectivity index (χ1v) is 10.5. The van der Waals surface area contributed by atoms with E-state index in [4.69, 9.17) is 4.52 Å². The molecule has 0 unspecified atom stereocenters. The number of anilines is 2. The van der Waals surface area contributed by atoms with E-state index in [1.54, 1.807) is 6.92 Å². The highest BCUT2D eigenvalue weighted by molar-refractivity contribution is 5.82. The van der Waals surface area contributed by atoms with Crippen LogP contribution in [0.25, 0.3) is 22.5 Å². The normalized spacial score (nSPS) is 19.7. The Labute approximate surface area is 180 Å². The number of aromatic nitrogens is 5. The predicted octanol–water partition coefficient (Wildman–Crippen LogP) is 3.24. The van der Waals surface area contributed by atoms with Crippen LogP contribution in [0, 0.1) is 6.92 Å². The Morgan fingerprint density at radius 3 is 2.94 bits per heavy atom. The van der Waals surface area contributed by atoms with E-state index in [0.717, 1.165) is 42.0 Å². The van der Waals surface area contributed by atoms with E-state index >= 15 is 0 Å². The Balaban J connectivity index is 1.33. The Hall–Kier alpha value is -3.30. The molecule has 1 aliphatic heterocycles. The molecule has 0 saturated carbocycles. The number of imidazole rings is 1. The van der Waals surface area contributed by atoms with Crippen LogP contribution in [-0.4, -0.2) is 55.2 Å². The maximum Gasteiger partial charge on any atom is 0.257 e. The Bertz CT molecular complexity index is 1200. The van der Waals surface area contributed by atoms with Crippen molar-refractivity contribution in [2.75, 3.05) is 18.4 Å². The average molecular weight is 419 g/mol. The van der Waals surface area contributed by atoms with Gasteiger partial charge in [-0.2, -0.15) is 4.98 Å². The number of hydrogen-bond acceptors (Lipinski definition) is 8. The molecular formula is C22H26N8O. The molecule has 1 saturated heterocycles. The first-order valence-electron chi connectivity index (χ1n) is 10.5. The van der Waals surface area contributed by atoms with Gasteiger partial charge in [-0.15, -0.1) is 0 Å². The summed E-state index contributed by atoms with van der Waals surface area (Å²) >= 11 is 0. The van der Waals surface area contributed by atoms with E-state index in [1.807, 2.05) is 24.4 Å². The lowest BCUT2D eigenvalue weighted by Crippen LogP contribution is -2.53. The lowest BCUT2D eigenvalue weighted by molar-refractivity contribution is 0.139. The Kier molecular flexibility index (Phi) is 5.13. The SMILES string of the molecule is Cc1noc(-c2ccc3nc(Nc4cc(CN5C[C@@H](C)NC[C@@H]5C)ccn4)[nH]c3c2)n1. The fourth-order valence-corrected chi connectivity index (χ4v) is 3.93. The maximum atomic E-state index is 5.26. The zero-order valence-corrected chi connectivity index (χ0v) is 17.9. The number of pyridine rings is 1. The van der Waals surface area contributed by atoms with Gasteiger partial charge >= 0.3 is 0 Å². The van der Waals surface area contributed by atoms with Crippen molar-refractivity contribution in [2.45, 2.75) is 39.4 Å².